The maximum atomic E-state index is 14.7. The number of rotatable bonds is 7. The second-order valence-electron chi connectivity index (χ2n) is 15.6. The average molecular weight is 857 g/mol. The summed E-state index contributed by atoms with van der Waals surface area (Å²) in [5.41, 5.74) is 2.57. The van der Waals surface area contributed by atoms with Crippen molar-refractivity contribution in [1.29, 1.82) is 0 Å². The van der Waals surface area contributed by atoms with Crippen LogP contribution >= 0.6 is 11.6 Å². The van der Waals surface area contributed by atoms with Gasteiger partial charge in [0.25, 0.3) is 0 Å². The number of amides is 3. The van der Waals surface area contributed by atoms with Crippen molar-refractivity contribution in [3.8, 4) is 5.75 Å². The van der Waals surface area contributed by atoms with Crippen molar-refractivity contribution in [2.75, 3.05) is 14.2 Å². The van der Waals surface area contributed by atoms with E-state index < -0.39 is 90.7 Å². The van der Waals surface area contributed by atoms with Crippen molar-refractivity contribution in [1.82, 2.24) is 20.5 Å². The van der Waals surface area contributed by atoms with Gasteiger partial charge in [-0.15, -0.1) is 0 Å². The highest BCUT2D eigenvalue weighted by molar-refractivity contribution is 6.32. The van der Waals surface area contributed by atoms with Crippen LogP contribution in [0.25, 0.3) is 10.9 Å². The number of benzene rings is 2. The standard InChI is InChI=1S/C42H53ClN4O13/c1-19-14-20(2)23(5)58-41(56)35(57-7)32(24-12-13-30(27(43)16-24)59-42-31(39(53)54)33(48)34(49)40(55)60-42)46-37(51)29(17-25-18-44-28-11-9-8-10-26(25)28)47(6)38(52)22(4)45-36(50)21(3)15-19/h8-14,16,18,20-23,29,31-35,40,42,44,48-49,55H,15,17H2,1-7H3,(H,45,50)(H,46,51)(H,53,54)/b19-14+/t20-,21+,22+,23-,29-,31?,32+,33?,34?,35+,40?,42?/m1/s1. The molecule has 326 valence electrons. The molecule has 1 aromatic heterocycles. The molecule has 0 spiro atoms. The Morgan fingerprint density at radius 3 is 2.35 bits per heavy atom. The minimum absolute atomic E-state index is 0.00851. The molecular formula is C42H53ClN4O13. The van der Waals surface area contributed by atoms with E-state index in [2.05, 4.69) is 15.6 Å². The number of methoxy groups -OCH3 is 1. The van der Waals surface area contributed by atoms with Crippen LogP contribution in [0.15, 0.2) is 60.3 Å². The van der Waals surface area contributed by atoms with E-state index in [-0.39, 0.29) is 34.6 Å². The van der Waals surface area contributed by atoms with Crippen LogP contribution in [0.2, 0.25) is 5.02 Å². The van der Waals surface area contributed by atoms with E-state index in [4.69, 9.17) is 30.5 Å². The Labute approximate surface area is 351 Å². The van der Waals surface area contributed by atoms with Crippen molar-refractivity contribution < 1.29 is 63.3 Å². The third kappa shape index (κ3) is 10.3. The van der Waals surface area contributed by atoms with Crippen LogP contribution in [0.5, 0.6) is 5.75 Å². The van der Waals surface area contributed by atoms with E-state index in [1.807, 2.05) is 44.2 Å². The second-order valence-corrected chi connectivity index (χ2v) is 16.0. The van der Waals surface area contributed by atoms with Gasteiger partial charge in [-0.25, -0.2) is 4.79 Å². The normalized spacial score (nSPS) is 32.5. The van der Waals surface area contributed by atoms with Gasteiger partial charge in [-0.2, -0.15) is 0 Å². The lowest BCUT2D eigenvalue weighted by molar-refractivity contribution is -0.306. The summed E-state index contributed by atoms with van der Waals surface area (Å²) >= 11 is 6.69. The Kier molecular flexibility index (Phi) is 15.0. The number of aliphatic hydroxyl groups excluding tert-OH is 3. The number of halogens is 1. The molecule has 18 heteroatoms. The first-order chi connectivity index (χ1) is 28.3. The number of carbonyl (C=O) groups excluding carboxylic acids is 4. The SMILES string of the molecule is CO[C@@H]1C(=O)O[C@H](C)[C@H](C)/C=C(\C)C[C@H](C)C(=O)N[C@@H](C)C(=O)N(C)[C@H](Cc2c[nH]c3ccccc23)C(=O)N[C@H]1c1ccc(OC2OC(O)C(O)C(O)C2C(=O)O)c(Cl)c1. The summed E-state index contributed by atoms with van der Waals surface area (Å²) in [5, 5.41) is 46.6. The number of carboxylic acids is 1. The number of H-pyrrole nitrogens is 1. The first-order valence-corrected chi connectivity index (χ1v) is 19.9. The molecule has 60 heavy (non-hydrogen) atoms. The number of aromatic amines is 1. The zero-order valence-electron chi connectivity index (χ0n) is 34.3. The van der Waals surface area contributed by atoms with Crippen LogP contribution < -0.4 is 15.4 Å². The molecule has 0 saturated carbocycles. The number of nitrogens with zero attached hydrogens (tertiary/aromatic N) is 1. The predicted octanol–water partition coefficient (Wildman–Crippen LogP) is 2.60. The number of carboxylic acid groups (broad SMARTS) is 1. The van der Waals surface area contributed by atoms with Crippen LogP contribution in [0.4, 0.5) is 0 Å². The summed E-state index contributed by atoms with van der Waals surface area (Å²) < 4.78 is 22.5. The van der Waals surface area contributed by atoms with Gasteiger partial charge in [0.1, 0.15) is 42.1 Å². The minimum atomic E-state index is -1.98. The summed E-state index contributed by atoms with van der Waals surface area (Å²) in [5.74, 6) is -6.86. The van der Waals surface area contributed by atoms with Crippen LogP contribution in [-0.2, 0) is 44.6 Å². The molecule has 17 nitrogen and oxygen atoms in total. The minimum Gasteiger partial charge on any atom is -0.481 e. The van der Waals surface area contributed by atoms with Crippen molar-refractivity contribution in [3.05, 3.63) is 76.5 Å². The number of likely N-dealkylation sites (N-methyl/N-ethyl adjacent to an activating group) is 1. The summed E-state index contributed by atoms with van der Waals surface area (Å²) in [6, 6.07) is 7.91. The van der Waals surface area contributed by atoms with Crippen molar-refractivity contribution in [3.63, 3.8) is 0 Å². The first-order valence-electron chi connectivity index (χ1n) is 19.5. The van der Waals surface area contributed by atoms with Gasteiger partial charge < -0.3 is 59.9 Å². The third-order valence-corrected chi connectivity index (χ3v) is 11.4. The number of hydrogen-bond donors (Lipinski definition) is 7. The highest BCUT2D eigenvalue weighted by Crippen LogP contribution is 2.35. The van der Waals surface area contributed by atoms with E-state index in [0.29, 0.717) is 12.0 Å². The largest absolute Gasteiger partial charge is 0.481 e. The Balaban J connectivity index is 1.58. The van der Waals surface area contributed by atoms with Crippen molar-refractivity contribution >= 4 is 52.2 Å². The lowest BCUT2D eigenvalue weighted by Crippen LogP contribution is -2.58. The van der Waals surface area contributed by atoms with Crippen molar-refractivity contribution in [2.24, 2.45) is 17.8 Å². The van der Waals surface area contributed by atoms with Gasteiger partial charge in [0, 0.05) is 49.5 Å². The number of allylic oxidation sites excluding steroid dienone is 1. The number of aromatic nitrogens is 1. The summed E-state index contributed by atoms with van der Waals surface area (Å²) in [4.78, 5) is 72.6. The lowest BCUT2D eigenvalue weighted by atomic mass is 9.94. The van der Waals surface area contributed by atoms with Gasteiger partial charge in [0.05, 0.1) is 11.1 Å². The highest BCUT2D eigenvalue weighted by atomic mass is 35.5. The number of esters is 1. The molecule has 5 unspecified atom stereocenters. The van der Waals surface area contributed by atoms with Crippen LogP contribution in [0.1, 0.15) is 58.2 Å². The second kappa shape index (κ2) is 19.6. The summed E-state index contributed by atoms with van der Waals surface area (Å²) in [6.45, 7) is 8.70. The maximum absolute atomic E-state index is 14.7. The van der Waals surface area contributed by atoms with E-state index in [0.717, 1.165) is 16.5 Å². The topological polar surface area (TPSA) is 246 Å². The van der Waals surface area contributed by atoms with Gasteiger partial charge in [-0.1, -0.05) is 61.4 Å². The number of aliphatic carboxylic acids is 1. The van der Waals surface area contributed by atoms with Crippen LogP contribution in [0, 0.1) is 17.8 Å². The number of para-hydroxylation sites is 1. The smallest absolute Gasteiger partial charge is 0.338 e. The zero-order chi connectivity index (χ0) is 44.2. The van der Waals surface area contributed by atoms with Crippen LogP contribution in [-0.4, -0.2) is 123 Å². The molecule has 1 fully saturated rings. The van der Waals surface area contributed by atoms with Gasteiger partial charge in [-0.05, 0) is 56.5 Å². The fourth-order valence-corrected chi connectivity index (χ4v) is 7.70. The monoisotopic (exact) mass is 856 g/mol. The fraction of sp³-hybridized carbons (Fsp3) is 0.500. The maximum Gasteiger partial charge on any atom is 0.338 e. The molecule has 3 amide bonds. The highest BCUT2D eigenvalue weighted by Gasteiger charge is 2.49. The number of cyclic esters (lactones) is 1. The first kappa shape index (κ1) is 46.0. The Hall–Kier alpha value is -5.04. The number of aliphatic hydroxyl groups is 3. The lowest BCUT2D eigenvalue weighted by Gasteiger charge is -2.38. The molecule has 0 aliphatic carbocycles. The average Bonchev–Trinajstić information content (AvgIpc) is 3.61. The Morgan fingerprint density at radius 1 is 0.983 bits per heavy atom. The predicted molar refractivity (Wildman–Crippen MR) is 216 cm³/mol. The number of ether oxygens (including phenoxy) is 4. The molecular weight excluding hydrogens is 804 g/mol. The zero-order valence-corrected chi connectivity index (χ0v) is 35.1. The molecule has 2 aliphatic heterocycles. The van der Waals surface area contributed by atoms with Gasteiger partial charge in [-0.3, -0.25) is 19.2 Å². The molecule has 12 atom stereocenters. The van der Waals surface area contributed by atoms with Crippen molar-refractivity contribution in [2.45, 2.75) is 103 Å². The molecule has 7 N–H and O–H groups in total. The van der Waals surface area contributed by atoms with Gasteiger partial charge in [0.15, 0.2) is 12.4 Å². The number of carbonyl (C=O) groups is 5. The number of hydrogen-bond acceptors (Lipinski definition) is 12. The molecule has 2 aromatic carbocycles. The molecule has 2 aliphatic rings. The van der Waals surface area contributed by atoms with Gasteiger partial charge in [0.2, 0.25) is 24.0 Å². The van der Waals surface area contributed by atoms with E-state index in [9.17, 15) is 44.4 Å². The van der Waals surface area contributed by atoms with Gasteiger partial charge >= 0.3 is 11.9 Å². The van der Waals surface area contributed by atoms with Crippen LogP contribution in [0.3, 0.4) is 0 Å². The molecule has 3 heterocycles. The molecule has 5 rings (SSSR count). The summed E-state index contributed by atoms with van der Waals surface area (Å²) in [6.07, 6.45) is -5.84. The molecule has 0 radical (unpaired) electrons. The number of fused-ring (bicyclic) bond motifs is 1. The Bertz CT molecular complexity index is 2090. The molecule has 0 bridgehead atoms. The Morgan fingerprint density at radius 2 is 1.68 bits per heavy atom. The third-order valence-electron chi connectivity index (χ3n) is 11.1. The molecule has 3 aromatic rings. The quantitative estimate of drug-likeness (QED) is 0.134. The summed E-state index contributed by atoms with van der Waals surface area (Å²) in [7, 11) is 2.71. The molecule has 1 saturated heterocycles. The number of nitrogens with one attached hydrogen (secondary N) is 3. The van der Waals surface area contributed by atoms with E-state index in [1.165, 1.54) is 37.3 Å². The van der Waals surface area contributed by atoms with E-state index in [1.54, 1.807) is 27.0 Å². The fourth-order valence-electron chi connectivity index (χ4n) is 7.47. The van der Waals surface area contributed by atoms with E-state index >= 15 is 0 Å².